The van der Waals surface area contributed by atoms with Crippen LogP contribution in [0.25, 0.3) is 0 Å². The molecule has 0 aromatic heterocycles. The fourth-order valence-corrected chi connectivity index (χ4v) is 1.56. The summed E-state index contributed by atoms with van der Waals surface area (Å²) in [7, 11) is 0. The summed E-state index contributed by atoms with van der Waals surface area (Å²) in [4.78, 5) is 2.41. The maximum absolute atomic E-state index is 3.34. The molecule has 18 heavy (non-hydrogen) atoms. The van der Waals surface area contributed by atoms with Crippen molar-refractivity contribution >= 4 is 5.69 Å². The van der Waals surface area contributed by atoms with E-state index in [1.165, 1.54) is 5.69 Å². The molecule has 0 unspecified atom stereocenters. The maximum Gasteiger partial charge on any atom is 0.0367 e. The molecule has 0 radical (unpaired) electrons. The van der Waals surface area contributed by atoms with Gasteiger partial charge in [-0.1, -0.05) is 52.8 Å². The van der Waals surface area contributed by atoms with Gasteiger partial charge in [0.05, 0.1) is 0 Å². The van der Waals surface area contributed by atoms with Gasteiger partial charge in [-0.3, -0.25) is 0 Å². The Balaban J connectivity index is 0.000000415. The van der Waals surface area contributed by atoms with E-state index in [4.69, 9.17) is 0 Å². The second-order valence-electron chi connectivity index (χ2n) is 4.80. The van der Waals surface area contributed by atoms with Crippen LogP contribution < -0.4 is 10.2 Å². The number of nitrogens with zero attached hydrogens (tertiary/aromatic N) is 1. The van der Waals surface area contributed by atoms with Crippen LogP contribution in [0.5, 0.6) is 0 Å². The lowest BCUT2D eigenvalue weighted by Gasteiger charge is -2.29. The van der Waals surface area contributed by atoms with Crippen LogP contribution in [0, 0.1) is 5.92 Å². The van der Waals surface area contributed by atoms with Gasteiger partial charge in [-0.05, 0) is 18.1 Å². The van der Waals surface area contributed by atoms with E-state index in [-0.39, 0.29) is 0 Å². The summed E-state index contributed by atoms with van der Waals surface area (Å²) in [6.07, 6.45) is 0. The highest BCUT2D eigenvalue weighted by Gasteiger charge is 2.08. The van der Waals surface area contributed by atoms with Gasteiger partial charge in [-0.15, -0.1) is 0 Å². The van der Waals surface area contributed by atoms with Gasteiger partial charge in [0.2, 0.25) is 0 Å². The van der Waals surface area contributed by atoms with Gasteiger partial charge in [-0.2, -0.15) is 0 Å². The lowest BCUT2D eigenvalue weighted by atomic mass is 10.2. The van der Waals surface area contributed by atoms with Gasteiger partial charge in [-0.25, -0.2) is 0 Å². The van der Waals surface area contributed by atoms with Crippen LogP contribution in [-0.2, 0) is 0 Å². The average Bonchev–Trinajstić information content (AvgIpc) is 2.42. The van der Waals surface area contributed by atoms with Crippen molar-refractivity contribution in [2.75, 3.05) is 31.1 Å². The Morgan fingerprint density at radius 1 is 0.944 bits per heavy atom. The SMILES string of the molecule is CC.CC(C)C.c1ccc(N2CCNCC2)cc1. The Hall–Kier alpha value is -1.02. The van der Waals surface area contributed by atoms with Crippen molar-refractivity contribution in [2.45, 2.75) is 34.6 Å². The Labute approximate surface area is 113 Å². The second kappa shape index (κ2) is 11.1. The van der Waals surface area contributed by atoms with E-state index in [1.807, 2.05) is 13.8 Å². The van der Waals surface area contributed by atoms with Crippen LogP contribution in [-0.4, -0.2) is 26.2 Å². The largest absolute Gasteiger partial charge is 0.369 e. The number of hydrogen-bond donors (Lipinski definition) is 1. The van der Waals surface area contributed by atoms with Crippen molar-refractivity contribution in [3.05, 3.63) is 30.3 Å². The van der Waals surface area contributed by atoms with Gasteiger partial charge in [0, 0.05) is 31.9 Å². The van der Waals surface area contributed by atoms with E-state index in [0.29, 0.717) is 0 Å². The smallest absolute Gasteiger partial charge is 0.0367 e. The lowest BCUT2D eigenvalue weighted by Crippen LogP contribution is -2.43. The van der Waals surface area contributed by atoms with Crippen molar-refractivity contribution < 1.29 is 0 Å². The third-order valence-corrected chi connectivity index (χ3v) is 2.24. The van der Waals surface area contributed by atoms with Crippen LogP contribution in [0.15, 0.2) is 30.3 Å². The van der Waals surface area contributed by atoms with Crippen LogP contribution in [0.3, 0.4) is 0 Å². The minimum absolute atomic E-state index is 0.833. The zero-order valence-electron chi connectivity index (χ0n) is 12.7. The molecule has 1 fully saturated rings. The Bertz CT molecular complexity index is 261. The fourth-order valence-electron chi connectivity index (χ4n) is 1.56. The van der Waals surface area contributed by atoms with E-state index >= 15 is 0 Å². The summed E-state index contributed by atoms with van der Waals surface area (Å²) in [5.41, 5.74) is 1.35. The number of benzene rings is 1. The Kier molecular flexibility index (Phi) is 10.5. The topological polar surface area (TPSA) is 15.3 Å². The minimum Gasteiger partial charge on any atom is -0.369 e. The first-order chi connectivity index (χ1) is 8.70. The maximum atomic E-state index is 3.34. The Morgan fingerprint density at radius 3 is 1.83 bits per heavy atom. The lowest BCUT2D eigenvalue weighted by molar-refractivity contribution is 0.589. The van der Waals surface area contributed by atoms with Crippen LogP contribution in [0.4, 0.5) is 5.69 Å². The molecule has 2 rings (SSSR count). The number of para-hydroxylation sites is 1. The zero-order valence-corrected chi connectivity index (χ0v) is 12.7. The first kappa shape index (κ1) is 17.0. The summed E-state index contributed by atoms with van der Waals surface area (Å²) in [6, 6.07) is 10.6. The number of rotatable bonds is 1. The minimum atomic E-state index is 0.833. The molecule has 1 aliphatic rings. The molecule has 2 heteroatoms. The number of piperazine rings is 1. The van der Waals surface area contributed by atoms with Crippen LogP contribution in [0.1, 0.15) is 34.6 Å². The highest BCUT2D eigenvalue weighted by atomic mass is 15.2. The molecule has 1 heterocycles. The number of anilines is 1. The van der Waals surface area contributed by atoms with Crippen molar-refractivity contribution in [3.8, 4) is 0 Å². The highest BCUT2D eigenvalue weighted by Crippen LogP contribution is 2.12. The Morgan fingerprint density at radius 2 is 1.39 bits per heavy atom. The normalized spacial score (nSPS) is 14.2. The van der Waals surface area contributed by atoms with Gasteiger partial charge in [0.15, 0.2) is 0 Å². The fraction of sp³-hybridized carbons (Fsp3) is 0.625. The molecular formula is C16H30N2. The summed E-state index contributed by atoms with van der Waals surface area (Å²) in [5, 5.41) is 3.34. The van der Waals surface area contributed by atoms with Crippen molar-refractivity contribution in [1.82, 2.24) is 5.32 Å². The van der Waals surface area contributed by atoms with E-state index in [2.05, 4.69) is 61.3 Å². The second-order valence-corrected chi connectivity index (χ2v) is 4.80. The standard InChI is InChI=1S/C10H14N2.C4H10.C2H6/c1-2-4-10(5-3-1)12-8-6-11-7-9-12;1-4(2)3;1-2/h1-5,11H,6-9H2;4H,1-3H3;1-2H3. The summed E-state index contributed by atoms with van der Waals surface area (Å²) >= 11 is 0. The molecule has 2 nitrogen and oxygen atoms in total. The molecule has 0 bridgehead atoms. The van der Waals surface area contributed by atoms with Gasteiger partial charge in [0.1, 0.15) is 0 Å². The van der Waals surface area contributed by atoms with Crippen molar-refractivity contribution in [1.29, 1.82) is 0 Å². The monoisotopic (exact) mass is 250 g/mol. The van der Waals surface area contributed by atoms with Crippen molar-refractivity contribution in [2.24, 2.45) is 5.92 Å². The van der Waals surface area contributed by atoms with E-state index in [1.54, 1.807) is 0 Å². The number of nitrogens with one attached hydrogen (secondary N) is 1. The molecule has 0 amide bonds. The first-order valence-electron chi connectivity index (χ1n) is 7.21. The van der Waals surface area contributed by atoms with Gasteiger partial charge < -0.3 is 10.2 Å². The third-order valence-electron chi connectivity index (χ3n) is 2.24. The molecule has 0 saturated carbocycles. The van der Waals surface area contributed by atoms with Gasteiger partial charge in [0.25, 0.3) is 0 Å². The van der Waals surface area contributed by atoms with Crippen molar-refractivity contribution in [3.63, 3.8) is 0 Å². The first-order valence-corrected chi connectivity index (χ1v) is 7.21. The quantitative estimate of drug-likeness (QED) is 0.816. The van der Waals surface area contributed by atoms with E-state index < -0.39 is 0 Å². The molecule has 104 valence electrons. The molecule has 0 spiro atoms. The average molecular weight is 250 g/mol. The number of hydrogen-bond acceptors (Lipinski definition) is 2. The summed E-state index contributed by atoms with van der Waals surface area (Å²) < 4.78 is 0. The predicted molar refractivity (Wildman–Crippen MR) is 83.4 cm³/mol. The van der Waals surface area contributed by atoms with E-state index in [0.717, 1.165) is 32.1 Å². The molecular weight excluding hydrogens is 220 g/mol. The van der Waals surface area contributed by atoms with E-state index in [9.17, 15) is 0 Å². The van der Waals surface area contributed by atoms with Crippen LogP contribution in [0.2, 0.25) is 0 Å². The molecule has 1 aromatic rings. The summed E-state index contributed by atoms with van der Waals surface area (Å²) in [5.74, 6) is 0.833. The zero-order chi connectivity index (χ0) is 13.8. The molecule has 1 aliphatic heterocycles. The molecule has 0 atom stereocenters. The molecule has 1 N–H and O–H groups in total. The third kappa shape index (κ3) is 8.13. The summed E-state index contributed by atoms with van der Waals surface area (Å²) in [6.45, 7) is 15.0. The predicted octanol–water partition coefficient (Wildman–Crippen LogP) is 3.78. The van der Waals surface area contributed by atoms with Crippen LogP contribution >= 0.6 is 0 Å². The van der Waals surface area contributed by atoms with Gasteiger partial charge >= 0.3 is 0 Å². The highest BCUT2D eigenvalue weighted by molar-refractivity contribution is 5.46. The molecule has 1 aromatic carbocycles. The molecule has 0 aliphatic carbocycles. The molecule has 1 saturated heterocycles.